The Labute approximate surface area is 202 Å². The van der Waals surface area contributed by atoms with Crippen molar-refractivity contribution in [2.45, 2.75) is 43.7 Å². The van der Waals surface area contributed by atoms with E-state index in [1.54, 1.807) is 0 Å². The number of amides is 2. The Kier molecular flexibility index (Phi) is 7.33. The molecule has 2 aliphatic rings. The van der Waals surface area contributed by atoms with Crippen LogP contribution in [0.3, 0.4) is 0 Å². The Morgan fingerprint density at radius 3 is 2.09 bits per heavy atom. The van der Waals surface area contributed by atoms with Crippen LogP contribution in [0.25, 0.3) is 11.1 Å². The van der Waals surface area contributed by atoms with E-state index >= 15 is 0 Å². The summed E-state index contributed by atoms with van der Waals surface area (Å²) in [5.74, 6) is -2.67. The fourth-order valence-electron chi connectivity index (χ4n) is 4.42. The number of hydrogen-bond donors (Lipinski definition) is 3. The average molecular weight is 481 g/mol. The van der Waals surface area contributed by atoms with Gasteiger partial charge in [-0.05, 0) is 34.6 Å². The van der Waals surface area contributed by atoms with E-state index in [2.05, 4.69) is 15.4 Å². The Bertz CT molecular complexity index is 1080. The van der Waals surface area contributed by atoms with Crippen molar-refractivity contribution in [3.8, 4) is 11.1 Å². The highest BCUT2D eigenvalue weighted by molar-refractivity contribution is 5.91. The summed E-state index contributed by atoms with van der Waals surface area (Å²) in [6.45, 7) is 0.0950. The number of nitrogens with one attached hydrogen (secondary N) is 2. The standard InChI is InChI=1S/C26H28N2O7/c1-34-23(29)13-22(25(31)32)27-24(30)21(12-15-10-11-15)28-26(33)35-14-20-18-8-4-2-6-16(18)17-7-3-5-9-19(17)20/h2-9,15,20-22H,10-14H2,1H3,(H,27,30)(H,28,33)(H,31,32)/t21-,22-/m0/s1. The maximum atomic E-state index is 12.8. The summed E-state index contributed by atoms with van der Waals surface area (Å²) in [5, 5.41) is 14.3. The molecular weight excluding hydrogens is 452 g/mol. The number of carbonyl (C=O) groups excluding carboxylic acids is 3. The molecule has 1 saturated carbocycles. The molecule has 0 aliphatic heterocycles. The second-order valence-corrected chi connectivity index (χ2v) is 8.88. The van der Waals surface area contributed by atoms with Crippen LogP contribution in [0, 0.1) is 5.92 Å². The maximum absolute atomic E-state index is 12.8. The number of methoxy groups -OCH3 is 1. The Hall–Kier alpha value is -3.88. The van der Waals surface area contributed by atoms with Crippen molar-refractivity contribution in [1.82, 2.24) is 10.6 Å². The highest BCUT2D eigenvalue weighted by Crippen LogP contribution is 2.44. The number of carboxylic acids is 1. The first-order valence-corrected chi connectivity index (χ1v) is 11.6. The fourth-order valence-corrected chi connectivity index (χ4v) is 4.42. The molecule has 9 heteroatoms. The molecule has 0 spiro atoms. The van der Waals surface area contributed by atoms with Crippen molar-refractivity contribution in [3.63, 3.8) is 0 Å². The lowest BCUT2D eigenvalue weighted by molar-refractivity contribution is -0.149. The SMILES string of the molecule is COC(=O)C[C@H](NC(=O)[C@H](CC1CC1)NC(=O)OCC1c2ccccc2-c2ccccc21)C(=O)O. The highest BCUT2D eigenvalue weighted by atomic mass is 16.5. The topological polar surface area (TPSA) is 131 Å². The van der Waals surface area contributed by atoms with Crippen LogP contribution in [0.4, 0.5) is 4.79 Å². The molecule has 1 fully saturated rings. The second kappa shape index (κ2) is 10.6. The fraction of sp³-hybridized carbons (Fsp3) is 0.385. The molecule has 0 saturated heterocycles. The zero-order valence-corrected chi connectivity index (χ0v) is 19.4. The van der Waals surface area contributed by atoms with Crippen LogP contribution in [0.1, 0.15) is 42.7 Å². The minimum absolute atomic E-state index is 0.0950. The van der Waals surface area contributed by atoms with E-state index in [0.29, 0.717) is 6.42 Å². The quantitative estimate of drug-likeness (QED) is 0.446. The second-order valence-electron chi connectivity index (χ2n) is 8.88. The predicted molar refractivity (Wildman–Crippen MR) is 126 cm³/mol. The number of aliphatic carboxylic acids is 1. The molecule has 0 heterocycles. The molecule has 2 atom stereocenters. The van der Waals surface area contributed by atoms with Crippen LogP contribution < -0.4 is 10.6 Å². The van der Waals surface area contributed by atoms with Gasteiger partial charge in [0.05, 0.1) is 13.5 Å². The molecule has 3 N–H and O–H groups in total. The van der Waals surface area contributed by atoms with Crippen molar-refractivity contribution >= 4 is 23.9 Å². The molecule has 35 heavy (non-hydrogen) atoms. The van der Waals surface area contributed by atoms with E-state index in [4.69, 9.17) is 4.74 Å². The highest BCUT2D eigenvalue weighted by Gasteiger charge is 2.34. The molecule has 0 aromatic heterocycles. The average Bonchev–Trinajstić information content (AvgIpc) is 3.62. The number of carbonyl (C=O) groups is 4. The number of esters is 1. The molecule has 184 valence electrons. The van der Waals surface area contributed by atoms with Crippen LogP contribution in [-0.4, -0.2) is 54.8 Å². The molecular formula is C26H28N2O7. The zero-order chi connectivity index (χ0) is 24.9. The van der Waals surface area contributed by atoms with Gasteiger partial charge in [-0.2, -0.15) is 0 Å². The first-order valence-electron chi connectivity index (χ1n) is 11.6. The Morgan fingerprint density at radius 1 is 0.943 bits per heavy atom. The van der Waals surface area contributed by atoms with Crippen molar-refractivity contribution in [2.24, 2.45) is 5.92 Å². The molecule has 0 unspecified atom stereocenters. The molecule has 9 nitrogen and oxygen atoms in total. The van der Waals surface area contributed by atoms with E-state index in [0.717, 1.165) is 42.2 Å². The molecule has 2 amide bonds. The smallest absolute Gasteiger partial charge is 0.407 e. The lowest BCUT2D eigenvalue weighted by Crippen LogP contribution is -2.52. The van der Waals surface area contributed by atoms with Crippen molar-refractivity contribution < 1.29 is 33.8 Å². The molecule has 4 rings (SSSR count). The van der Waals surface area contributed by atoms with Crippen LogP contribution >= 0.6 is 0 Å². The number of ether oxygens (including phenoxy) is 2. The van der Waals surface area contributed by atoms with Gasteiger partial charge in [0.1, 0.15) is 18.7 Å². The van der Waals surface area contributed by atoms with Crippen LogP contribution in [0.2, 0.25) is 0 Å². The Morgan fingerprint density at radius 2 is 1.54 bits per heavy atom. The normalized spacial score (nSPS) is 15.8. The lowest BCUT2D eigenvalue weighted by atomic mass is 9.98. The van der Waals surface area contributed by atoms with Gasteiger partial charge in [-0.1, -0.05) is 61.4 Å². The van der Waals surface area contributed by atoms with E-state index < -0.39 is 42.4 Å². The van der Waals surface area contributed by atoms with Gasteiger partial charge >= 0.3 is 18.0 Å². The van der Waals surface area contributed by atoms with Gasteiger partial charge in [0.15, 0.2) is 0 Å². The molecule has 2 aromatic carbocycles. The third kappa shape index (κ3) is 5.79. The maximum Gasteiger partial charge on any atom is 0.407 e. The summed E-state index contributed by atoms with van der Waals surface area (Å²) in [4.78, 5) is 48.5. The largest absolute Gasteiger partial charge is 0.480 e. The molecule has 2 aliphatic carbocycles. The first kappa shape index (κ1) is 24.3. The summed E-state index contributed by atoms with van der Waals surface area (Å²) < 4.78 is 10.0. The van der Waals surface area contributed by atoms with Gasteiger partial charge in [-0.15, -0.1) is 0 Å². The van der Waals surface area contributed by atoms with Crippen LogP contribution in [0.5, 0.6) is 0 Å². The number of hydrogen-bond acceptors (Lipinski definition) is 6. The van der Waals surface area contributed by atoms with Crippen molar-refractivity contribution in [3.05, 3.63) is 59.7 Å². The van der Waals surface area contributed by atoms with Gasteiger partial charge in [-0.3, -0.25) is 9.59 Å². The Balaban J connectivity index is 1.40. The van der Waals surface area contributed by atoms with Gasteiger partial charge in [0.25, 0.3) is 0 Å². The number of carboxylic acid groups (broad SMARTS) is 1. The third-order valence-electron chi connectivity index (χ3n) is 6.43. The summed E-state index contributed by atoms with van der Waals surface area (Å²) >= 11 is 0. The van der Waals surface area contributed by atoms with E-state index in [-0.39, 0.29) is 18.4 Å². The van der Waals surface area contributed by atoms with E-state index in [1.807, 2.05) is 48.5 Å². The monoisotopic (exact) mass is 480 g/mol. The summed E-state index contributed by atoms with van der Waals surface area (Å²) in [5.41, 5.74) is 4.35. The zero-order valence-electron chi connectivity index (χ0n) is 19.4. The summed E-state index contributed by atoms with van der Waals surface area (Å²) in [6, 6.07) is 13.5. The summed E-state index contributed by atoms with van der Waals surface area (Å²) in [6.07, 6.45) is 0.952. The van der Waals surface area contributed by atoms with Gasteiger partial charge in [0, 0.05) is 5.92 Å². The van der Waals surface area contributed by atoms with Gasteiger partial charge < -0.3 is 25.2 Å². The predicted octanol–water partition coefficient (Wildman–Crippen LogP) is 2.83. The first-order chi connectivity index (χ1) is 16.9. The van der Waals surface area contributed by atoms with E-state index in [1.165, 1.54) is 0 Å². The number of benzene rings is 2. The van der Waals surface area contributed by atoms with Gasteiger partial charge in [0.2, 0.25) is 5.91 Å². The number of rotatable bonds is 10. The molecule has 0 radical (unpaired) electrons. The minimum Gasteiger partial charge on any atom is -0.480 e. The minimum atomic E-state index is -1.46. The molecule has 2 aromatic rings. The van der Waals surface area contributed by atoms with Gasteiger partial charge in [-0.25, -0.2) is 9.59 Å². The van der Waals surface area contributed by atoms with E-state index in [9.17, 15) is 24.3 Å². The molecule has 0 bridgehead atoms. The number of alkyl carbamates (subject to hydrolysis) is 1. The van der Waals surface area contributed by atoms with Crippen molar-refractivity contribution in [2.75, 3.05) is 13.7 Å². The van der Waals surface area contributed by atoms with Crippen LogP contribution in [0.15, 0.2) is 48.5 Å². The lowest BCUT2D eigenvalue weighted by Gasteiger charge is -2.21. The third-order valence-corrected chi connectivity index (χ3v) is 6.43. The van der Waals surface area contributed by atoms with Crippen molar-refractivity contribution in [1.29, 1.82) is 0 Å². The van der Waals surface area contributed by atoms with Crippen LogP contribution in [-0.2, 0) is 23.9 Å². The summed E-state index contributed by atoms with van der Waals surface area (Å²) in [7, 11) is 1.14. The number of fused-ring (bicyclic) bond motifs is 3.